The summed E-state index contributed by atoms with van der Waals surface area (Å²) in [4.78, 5) is 0. The first kappa shape index (κ1) is 12.3. The van der Waals surface area contributed by atoms with Crippen molar-refractivity contribution in [3.05, 3.63) is 30.3 Å². The summed E-state index contributed by atoms with van der Waals surface area (Å²) in [6, 6.07) is 9.54. The van der Waals surface area contributed by atoms with Crippen LogP contribution in [0.2, 0.25) is 0 Å². The molecule has 1 heterocycles. The van der Waals surface area contributed by atoms with Crippen molar-refractivity contribution in [3.8, 4) is 5.75 Å². The molecule has 1 aliphatic heterocycles. The monoisotopic (exact) mass is 256 g/mol. The van der Waals surface area contributed by atoms with E-state index in [-0.39, 0.29) is 6.10 Å². The third-order valence-corrected chi connectivity index (χ3v) is 3.89. The zero-order valence-corrected chi connectivity index (χ0v) is 10.3. The Hall–Kier alpha value is -1.11. The van der Waals surface area contributed by atoms with Gasteiger partial charge in [0.25, 0.3) is 10.2 Å². The molecule has 0 atom stereocenters. The summed E-state index contributed by atoms with van der Waals surface area (Å²) in [7, 11) is -3.54. The van der Waals surface area contributed by atoms with Crippen LogP contribution in [-0.2, 0) is 10.2 Å². The van der Waals surface area contributed by atoms with Crippen LogP contribution in [0.1, 0.15) is 12.8 Å². The molecular weight excluding hydrogens is 240 g/mol. The van der Waals surface area contributed by atoms with E-state index < -0.39 is 10.2 Å². The molecule has 94 valence electrons. The molecule has 0 spiro atoms. The van der Waals surface area contributed by atoms with E-state index in [2.05, 4.69) is 0 Å². The Morgan fingerprint density at radius 2 is 1.76 bits per heavy atom. The molecule has 0 unspecified atom stereocenters. The van der Waals surface area contributed by atoms with E-state index >= 15 is 0 Å². The molecular formula is C11H16N2O3S. The van der Waals surface area contributed by atoms with Crippen LogP contribution in [0.5, 0.6) is 5.75 Å². The standard InChI is InChI=1S/C11H16N2O3S/c12-17(14,15)13-8-6-11(7-9-13)16-10-4-2-1-3-5-10/h1-5,11H,6-9H2,(H2,12,14,15). The highest BCUT2D eigenvalue weighted by Crippen LogP contribution is 2.19. The lowest BCUT2D eigenvalue weighted by Crippen LogP contribution is -2.44. The third-order valence-electron chi connectivity index (χ3n) is 2.81. The zero-order valence-electron chi connectivity index (χ0n) is 9.45. The Bertz CT molecular complexity index is 453. The van der Waals surface area contributed by atoms with Gasteiger partial charge < -0.3 is 4.74 Å². The third kappa shape index (κ3) is 3.42. The maximum absolute atomic E-state index is 11.1. The van der Waals surface area contributed by atoms with Gasteiger partial charge in [0.05, 0.1) is 0 Å². The lowest BCUT2D eigenvalue weighted by Gasteiger charge is -2.30. The van der Waals surface area contributed by atoms with Gasteiger partial charge in [-0.05, 0) is 25.0 Å². The maximum atomic E-state index is 11.1. The summed E-state index contributed by atoms with van der Waals surface area (Å²) < 4.78 is 29.3. The molecule has 1 aromatic carbocycles. The topological polar surface area (TPSA) is 72.6 Å². The lowest BCUT2D eigenvalue weighted by atomic mass is 10.1. The molecule has 0 aliphatic carbocycles. The van der Waals surface area contributed by atoms with Gasteiger partial charge in [-0.2, -0.15) is 12.7 Å². The van der Waals surface area contributed by atoms with Crippen molar-refractivity contribution in [1.29, 1.82) is 0 Å². The van der Waals surface area contributed by atoms with Crippen molar-refractivity contribution in [2.75, 3.05) is 13.1 Å². The first-order chi connectivity index (χ1) is 8.05. The Kier molecular flexibility index (Phi) is 3.66. The summed E-state index contributed by atoms with van der Waals surface area (Å²) in [6.45, 7) is 0.854. The molecule has 5 nitrogen and oxygen atoms in total. The van der Waals surface area contributed by atoms with Gasteiger partial charge in [0.1, 0.15) is 11.9 Å². The van der Waals surface area contributed by atoms with E-state index in [1.54, 1.807) is 0 Å². The fourth-order valence-electron chi connectivity index (χ4n) is 1.90. The van der Waals surface area contributed by atoms with Crippen LogP contribution < -0.4 is 9.88 Å². The zero-order chi connectivity index (χ0) is 12.3. The van der Waals surface area contributed by atoms with Crippen LogP contribution in [-0.4, -0.2) is 31.9 Å². The quantitative estimate of drug-likeness (QED) is 0.866. The van der Waals surface area contributed by atoms with Crippen molar-refractivity contribution in [1.82, 2.24) is 4.31 Å². The summed E-state index contributed by atoms with van der Waals surface area (Å²) in [5, 5.41) is 5.07. The molecule has 2 rings (SSSR count). The molecule has 0 aromatic heterocycles. The fourth-order valence-corrected chi connectivity index (χ4v) is 2.62. The Labute approximate surface area is 101 Å². The minimum Gasteiger partial charge on any atom is -0.490 e. The highest BCUT2D eigenvalue weighted by atomic mass is 32.2. The van der Waals surface area contributed by atoms with Crippen LogP contribution in [0.4, 0.5) is 0 Å². The SMILES string of the molecule is NS(=O)(=O)N1CCC(Oc2ccccc2)CC1. The molecule has 0 saturated carbocycles. The van der Waals surface area contributed by atoms with Crippen molar-refractivity contribution in [3.63, 3.8) is 0 Å². The minimum absolute atomic E-state index is 0.0652. The predicted molar refractivity (Wildman–Crippen MR) is 64.8 cm³/mol. The van der Waals surface area contributed by atoms with Gasteiger partial charge in [-0.15, -0.1) is 0 Å². The van der Waals surface area contributed by atoms with Gasteiger partial charge in [-0.3, -0.25) is 0 Å². The van der Waals surface area contributed by atoms with Crippen molar-refractivity contribution < 1.29 is 13.2 Å². The number of benzene rings is 1. The summed E-state index contributed by atoms with van der Waals surface area (Å²) in [5.74, 6) is 0.821. The summed E-state index contributed by atoms with van der Waals surface area (Å²) in [5.41, 5.74) is 0. The molecule has 1 saturated heterocycles. The van der Waals surface area contributed by atoms with Gasteiger partial charge >= 0.3 is 0 Å². The van der Waals surface area contributed by atoms with Crippen LogP contribution in [0.25, 0.3) is 0 Å². The second-order valence-corrected chi connectivity index (χ2v) is 5.62. The summed E-state index contributed by atoms with van der Waals surface area (Å²) in [6.07, 6.45) is 1.41. The summed E-state index contributed by atoms with van der Waals surface area (Å²) >= 11 is 0. The van der Waals surface area contributed by atoms with E-state index in [4.69, 9.17) is 9.88 Å². The molecule has 1 aromatic rings. The number of rotatable bonds is 3. The molecule has 2 N–H and O–H groups in total. The second kappa shape index (κ2) is 5.03. The smallest absolute Gasteiger partial charge is 0.276 e. The lowest BCUT2D eigenvalue weighted by molar-refractivity contribution is 0.135. The number of piperidine rings is 1. The molecule has 0 amide bonds. The van der Waals surface area contributed by atoms with Crippen molar-refractivity contribution >= 4 is 10.2 Å². The maximum Gasteiger partial charge on any atom is 0.276 e. The van der Waals surface area contributed by atoms with Gasteiger partial charge in [0, 0.05) is 13.1 Å². The van der Waals surface area contributed by atoms with Crippen molar-refractivity contribution in [2.45, 2.75) is 18.9 Å². The average molecular weight is 256 g/mol. The second-order valence-electron chi connectivity index (χ2n) is 4.07. The van der Waals surface area contributed by atoms with E-state index in [0.717, 1.165) is 5.75 Å². The average Bonchev–Trinajstić information content (AvgIpc) is 2.30. The largest absolute Gasteiger partial charge is 0.490 e. The van der Waals surface area contributed by atoms with Gasteiger partial charge in [-0.25, -0.2) is 5.14 Å². The Balaban J connectivity index is 1.88. The van der Waals surface area contributed by atoms with Crippen molar-refractivity contribution in [2.24, 2.45) is 5.14 Å². The van der Waals surface area contributed by atoms with Gasteiger partial charge in [-0.1, -0.05) is 18.2 Å². The van der Waals surface area contributed by atoms with Gasteiger partial charge in [0.15, 0.2) is 0 Å². The van der Waals surface area contributed by atoms with Crippen LogP contribution in [0, 0.1) is 0 Å². The Morgan fingerprint density at radius 1 is 1.18 bits per heavy atom. The number of ether oxygens (including phenoxy) is 1. The molecule has 17 heavy (non-hydrogen) atoms. The molecule has 0 radical (unpaired) electrons. The van der Waals surface area contributed by atoms with Crippen LogP contribution >= 0.6 is 0 Å². The normalized spacial score (nSPS) is 19.1. The molecule has 6 heteroatoms. The van der Waals surface area contributed by atoms with E-state index in [1.165, 1.54) is 4.31 Å². The van der Waals surface area contributed by atoms with E-state index in [0.29, 0.717) is 25.9 Å². The molecule has 1 fully saturated rings. The van der Waals surface area contributed by atoms with Crippen LogP contribution in [0.15, 0.2) is 30.3 Å². The highest BCUT2D eigenvalue weighted by molar-refractivity contribution is 7.86. The number of nitrogens with zero attached hydrogens (tertiary/aromatic N) is 1. The van der Waals surface area contributed by atoms with E-state index in [1.807, 2.05) is 30.3 Å². The number of para-hydroxylation sites is 1. The fraction of sp³-hybridized carbons (Fsp3) is 0.455. The molecule has 1 aliphatic rings. The minimum atomic E-state index is -3.54. The highest BCUT2D eigenvalue weighted by Gasteiger charge is 2.26. The predicted octanol–water partition coefficient (Wildman–Crippen LogP) is 0.733. The number of nitrogens with two attached hydrogens (primary N) is 1. The molecule has 0 bridgehead atoms. The number of hydrogen-bond acceptors (Lipinski definition) is 3. The van der Waals surface area contributed by atoms with Gasteiger partial charge in [0.2, 0.25) is 0 Å². The first-order valence-electron chi connectivity index (χ1n) is 5.55. The number of hydrogen-bond donors (Lipinski definition) is 1. The van der Waals surface area contributed by atoms with Crippen LogP contribution in [0.3, 0.4) is 0 Å². The first-order valence-corrected chi connectivity index (χ1v) is 7.05. The van der Waals surface area contributed by atoms with E-state index in [9.17, 15) is 8.42 Å². The Morgan fingerprint density at radius 3 is 2.29 bits per heavy atom.